The Morgan fingerprint density at radius 3 is 2.80 bits per heavy atom. The van der Waals surface area contributed by atoms with Gasteiger partial charge in [-0.3, -0.25) is 14.5 Å². The molecule has 8 nitrogen and oxygen atoms in total. The molecular formula is C22H26N6O2S5. The molecule has 0 saturated carbocycles. The van der Waals surface area contributed by atoms with E-state index in [9.17, 15) is 9.59 Å². The number of likely N-dealkylation sites (N-methyl/N-ethyl adjacent to an activating group) is 1. The maximum absolute atomic E-state index is 13.4. The van der Waals surface area contributed by atoms with Crippen LogP contribution in [0.4, 0.5) is 5.82 Å². The van der Waals surface area contributed by atoms with E-state index >= 15 is 0 Å². The second-order valence-electron chi connectivity index (χ2n) is 8.21. The molecule has 1 saturated heterocycles. The van der Waals surface area contributed by atoms with Gasteiger partial charge < -0.3 is 15.1 Å². The smallest absolute Gasteiger partial charge is 0.211 e. The highest BCUT2D eigenvalue weighted by Gasteiger charge is 2.41. The summed E-state index contributed by atoms with van der Waals surface area (Å²) in [6.07, 6.45) is 7.79. The molecule has 2 aliphatic heterocycles. The van der Waals surface area contributed by atoms with Crippen molar-refractivity contribution in [1.29, 1.82) is 0 Å². The van der Waals surface area contributed by atoms with Crippen LogP contribution in [0.5, 0.6) is 0 Å². The number of carbonyl (C=O) groups excluding carboxylic acids is 2. The number of ketones is 2. The third kappa shape index (κ3) is 6.22. The fraction of sp³-hybridized carbons (Fsp3) is 0.409. The summed E-state index contributed by atoms with van der Waals surface area (Å²) in [6, 6.07) is 5.27. The second kappa shape index (κ2) is 12.3. The van der Waals surface area contributed by atoms with Crippen molar-refractivity contribution >= 4 is 65.3 Å². The molecule has 0 bridgehead atoms. The van der Waals surface area contributed by atoms with Crippen molar-refractivity contribution in [1.82, 2.24) is 20.1 Å². The van der Waals surface area contributed by atoms with Crippen molar-refractivity contribution in [3.05, 3.63) is 59.7 Å². The predicted octanol–water partition coefficient (Wildman–Crippen LogP) is 1.02. The van der Waals surface area contributed by atoms with E-state index in [4.69, 9.17) is 22.4 Å². The SMILES string of the molecule is CN(CCCN1CCN(c2ccccn2)CC1)C1=C(N=S(=S)=S=S=S)C(=O)C2NC=CC=C2C1=O. The van der Waals surface area contributed by atoms with E-state index in [0.717, 1.165) is 53.8 Å². The molecule has 0 spiro atoms. The minimum absolute atomic E-state index is 0.154. The van der Waals surface area contributed by atoms with Crippen LogP contribution in [0.25, 0.3) is 0 Å². The van der Waals surface area contributed by atoms with Crippen LogP contribution < -0.4 is 10.2 Å². The van der Waals surface area contributed by atoms with Gasteiger partial charge in [0.25, 0.3) is 0 Å². The molecule has 1 fully saturated rings. The standard InChI is InChI=1S/C22H26N6O2S5/c1-26(10-5-11-27-12-14-28(15-13-27)17-7-2-3-8-23-17)20-19(25-35(32)34-33-31)22(30)18-16(21(20)29)6-4-9-24-18/h2-4,6-9,18,24H,5,10-15H2,1H3. The summed E-state index contributed by atoms with van der Waals surface area (Å²) in [4.78, 5) is 37.7. The molecule has 0 aromatic carbocycles. The molecule has 1 aromatic heterocycles. The second-order valence-corrected chi connectivity index (χ2v) is 14.9. The van der Waals surface area contributed by atoms with E-state index in [-0.39, 0.29) is 17.3 Å². The maximum Gasteiger partial charge on any atom is 0.211 e. The normalized spacial score (nSPS) is 20.1. The Kier molecular flexibility index (Phi) is 9.14. The van der Waals surface area contributed by atoms with E-state index in [1.54, 1.807) is 18.4 Å². The average Bonchev–Trinajstić information content (AvgIpc) is 2.88. The Labute approximate surface area is 221 Å². The van der Waals surface area contributed by atoms with Crippen LogP contribution in [0.15, 0.2) is 64.1 Å². The quantitative estimate of drug-likeness (QED) is 0.520. The Hall–Kier alpha value is -2.03. The van der Waals surface area contributed by atoms with Gasteiger partial charge in [-0.15, -0.1) is 0 Å². The largest absolute Gasteiger partial charge is 0.377 e. The molecular weight excluding hydrogens is 541 g/mol. The number of hydrogen-bond donors (Lipinski definition) is 1. The Balaban J connectivity index is 1.44. The molecule has 0 amide bonds. The molecule has 1 aliphatic carbocycles. The van der Waals surface area contributed by atoms with Crippen LogP contribution in [0.1, 0.15) is 6.42 Å². The van der Waals surface area contributed by atoms with Crippen LogP contribution in [0.3, 0.4) is 0 Å². The number of allylic oxidation sites excluding steroid dienone is 3. The fourth-order valence-electron chi connectivity index (χ4n) is 4.35. The van der Waals surface area contributed by atoms with Gasteiger partial charge in [0.05, 0.1) is 0 Å². The molecule has 1 aromatic rings. The highest BCUT2D eigenvalue weighted by atomic mass is 33.3. The number of hydrogen-bond acceptors (Lipinski definition) is 10. The van der Waals surface area contributed by atoms with Crippen molar-refractivity contribution in [2.24, 2.45) is 4.36 Å². The summed E-state index contributed by atoms with van der Waals surface area (Å²) in [6.45, 7) is 5.33. The van der Waals surface area contributed by atoms with Crippen LogP contribution in [0.2, 0.25) is 0 Å². The maximum atomic E-state index is 13.4. The minimum Gasteiger partial charge on any atom is -0.377 e. The lowest BCUT2D eigenvalue weighted by Crippen LogP contribution is -2.48. The van der Waals surface area contributed by atoms with Crippen molar-refractivity contribution in [3.8, 4) is 0 Å². The average molecular weight is 567 g/mol. The van der Waals surface area contributed by atoms with Gasteiger partial charge in [0.15, 0.2) is 0 Å². The first-order chi connectivity index (χ1) is 17.0. The van der Waals surface area contributed by atoms with Gasteiger partial charge in [-0.05, 0) is 37.4 Å². The van der Waals surface area contributed by atoms with Gasteiger partial charge in [0.2, 0.25) is 11.6 Å². The topological polar surface area (TPSA) is 81.1 Å². The highest BCUT2D eigenvalue weighted by molar-refractivity contribution is 8.61. The Bertz CT molecular complexity index is 1300. The van der Waals surface area contributed by atoms with Crippen molar-refractivity contribution in [2.45, 2.75) is 12.5 Å². The zero-order valence-electron chi connectivity index (χ0n) is 19.2. The molecule has 3 heterocycles. The van der Waals surface area contributed by atoms with Crippen molar-refractivity contribution < 1.29 is 9.59 Å². The van der Waals surface area contributed by atoms with Crippen LogP contribution in [-0.2, 0) is 57.5 Å². The van der Waals surface area contributed by atoms with Crippen LogP contribution in [-0.4, -0.2) is 78.7 Å². The summed E-state index contributed by atoms with van der Waals surface area (Å²) < 4.78 is 4.46. The van der Waals surface area contributed by atoms with Gasteiger partial charge in [0.1, 0.15) is 23.3 Å². The van der Waals surface area contributed by atoms with Crippen LogP contribution >= 0.6 is 0 Å². The van der Waals surface area contributed by atoms with E-state index < -0.39 is 13.9 Å². The number of pyridine rings is 1. The first kappa shape index (κ1) is 26.0. The molecule has 3 aliphatic rings. The Morgan fingerprint density at radius 1 is 1.29 bits per heavy atom. The van der Waals surface area contributed by atoms with Gasteiger partial charge in [-0.2, -0.15) is 4.36 Å². The molecule has 4 rings (SSSR count). The number of rotatable bonds is 7. The van der Waals surface area contributed by atoms with E-state index in [2.05, 4.69) is 24.5 Å². The number of carbonyl (C=O) groups is 2. The summed E-state index contributed by atoms with van der Waals surface area (Å²) in [5.41, 5.74) is 0.923. The monoisotopic (exact) mass is 566 g/mol. The van der Waals surface area contributed by atoms with Crippen LogP contribution in [0, 0.1) is 0 Å². The summed E-state index contributed by atoms with van der Waals surface area (Å²) >= 11 is 10.3. The molecule has 0 radical (unpaired) electrons. The number of nitrogens with one attached hydrogen (secondary N) is 1. The van der Waals surface area contributed by atoms with Crippen molar-refractivity contribution in [3.63, 3.8) is 0 Å². The molecule has 1 N–H and O–H groups in total. The fourth-order valence-corrected chi connectivity index (χ4v) is 9.26. The zero-order chi connectivity index (χ0) is 24.8. The molecule has 1 atom stereocenters. The number of fused-ring (bicyclic) bond motifs is 1. The number of Topliss-reactive ketones (excluding diaryl/α,β-unsaturated/α-hetero) is 2. The van der Waals surface area contributed by atoms with E-state index in [1.165, 1.54) is 8.88 Å². The number of dihydropyridines is 1. The number of piperazine rings is 1. The lowest BCUT2D eigenvalue weighted by molar-refractivity contribution is -0.121. The number of anilines is 1. The van der Waals surface area contributed by atoms with E-state index in [1.807, 2.05) is 36.3 Å². The lowest BCUT2D eigenvalue weighted by atomic mass is 9.86. The first-order valence-corrected chi connectivity index (χ1v) is 16.9. The Morgan fingerprint density at radius 2 is 2.09 bits per heavy atom. The molecule has 186 valence electrons. The van der Waals surface area contributed by atoms with Gasteiger partial charge in [-0.25, -0.2) is 4.98 Å². The molecule has 13 heteroatoms. The number of aromatic nitrogens is 1. The number of nitrogens with zero attached hydrogens (tertiary/aromatic N) is 5. The highest BCUT2D eigenvalue weighted by Crippen LogP contribution is 2.28. The molecule has 1 unspecified atom stereocenters. The molecule has 35 heavy (non-hydrogen) atoms. The van der Waals surface area contributed by atoms with Gasteiger partial charge in [-0.1, -0.05) is 12.1 Å². The lowest BCUT2D eigenvalue weighted by Gasteiger charge is -2.36. The van der Waals surface area contributed by atoms with Gasteiger partial charge in [0, 0.05) is 99.5 Å². The predicted molar refractivity (Wildman–Crippen MR) is 151 cm³/mol. The van der Waals surface area contributed by atoms with E-state index in [0.29, 0.717) is 17.8 Å². The summed E-state index contributed by atoms with van der Waals surface area (Å²) in [7, 11) is 3.23. The van der Waals surface area contributed by atoms with Crippen molar-refractivity contribution in [2.75, 3.05) is 51.2 Å². The minimum atomic E-state index is -0.939. The third-order valence-electron chi connectivity index (χ3n) is 6.09. The third-order valence-corrected chi connectivity index (χ3v) is 12.1. The first-order valence-electron chi connectivity index (χ1n) is 11.2. The summed E-state index contributed by atoms with van der Waals surface area (Å²) in [5.74, 6) is 0.605. The van der Waals surface area contributed by atoms with Gasteiger partial charge >= 0.3 is 0 Å². The zero-order valence-corrected chi connectivity index (χ0v) is 23.2. The summed E-state index contributed by atoms with van der Waals surface area (Å²) in [5, 5.41) is 2.99.